The van der Waals surface area contributed by atoms with Crippen LogP contribution in [-0.2, 0) is 4.79 Å². The summed E-state index contributed by atoms with van der Waals surface area (Å²) < 4.78 is 11.4. The van der Waals surface area contributed by atoms with E-state index in [2.05, 4.69) is 0 Å². The monoisotopic (exact) mass is 403 g/mol. The molecule has 0 radical (unpaired) electrons. The number of rotatable bonds is 3. The van der Waals surface area contributed by atoms with Crippen LogP contribution in [0.5, 0.6) is 17.2 Å². The number of hydrogen-bond acceptors (Lipinski definition) is 6. The lowest BCUT2D eigenvalue weighted by Gasteiger charge is -2.47. The van der Waals surface area contributed by atoms with Crippen molar-refractivity contribution in [2.45, 2.75) is 63.6 Å². The van der Waals surface area contributed by atoms with Gasteiger partial charge in [0.1, 0.15) is 28.4 Å². The number of phenols is 1. The lowest BCUT2D eigenvalue weighted by Crippen LogP contribution is -2.55. The predicted octanol–water partition coefficient (Wildman–Crippen LogP) is 2.67. The van der Waals surface area contributed by atoms with E-state index in [1.807, 2.05) is 13.8 Å². The van der Waals surface area contributed by atoms with Gasteiger partial charge in [-0.1, -0.05) is 12.8 Å². The van der Waals surface area contributed by atoms with E-state index in [0.717, 1.165) is 25.7 Å². The molecule has 3 aliphatic rings. The van der Waals surface area contributed by atoms with Gasteiger partial charge in [0.2, 0.25) is 0 Å². The van der Waals surface area contributed by atoms with E-state index >= 15 is 0 Å². The van der Waals surface area contributed by atoms with Crippen LogP contribution in [0.1, 0.15) is 62.7 Å². The standard InChI is InChI=1S/C22H29NO6/c1-21(2)11-17(25)20-16(24)9-15(10-18(20)29-21)28-13-19(26)23-8-7-22(27)6-4-3-5-14(22)12-23/h9-10,14,24,27H,3-8,11-13H2,1-2H3/t14-,22+/m0/s1. The molecule has 2 fully saturated rings. The molecular weight excluding hydrogens is 374 g/mol. The molecule has 1 aromatic rings. The number of carbonyl (C=O) groups excluding carboxylic acids is 2. The van der Waals surface area contributed by atoms with Crippen LogP contribution in [0.15, 0.2) is 12.1 Å². The first-order valence-electron chi connectivity index (χ1n) is 10.4. The van der Waals surface area contributed by atoms with Crippen LogP contribution in [0.3, 0.4) is 0 Å². The fourth-order valence-corrected chi connectivity index (χ4v) is 4.86. The minimum Gasteiger partial charge on any atom is -0.507 e. The van der Waals surface area contributed by atoms with Crippen LogP contribution in [0.4, 0.5) is 0 Å². The number of aromatic hydroxyl groups is 1. The second-order valence-electron chi connectivity index (χ2n) is 9.20. The third-order valence-corrected chi connectivity index (χ3v) is 6.45. The predicted molar refractivity (Wildman–Crippen MR) is 105 cm³/mol. The summed E-state index contributed by atoms with van der Waals surface area (Å²) in [5.41, 5.74) is -1.12. The smallest absolute Gasteiger partial charge is 0.260 e. The summed E-state index contributed by atoms with van der Waals surface area (Å²) in [4.78, 5) is 26.7. The van der Waals surface area contributed by atoms with Gasteiger partial charge >= 0.3 is 0 Å². The maximum absolute atomic E-state index is 12.7. The maximum Gasteiger partial charge on any atom is 0.260 e. The zero-order valence-corrected chi connectivity index (χ0v) is 17.1. The molecule has 7 nitrogen and oxygen atoms in total. The highest BCUT2D eigenvalue weighted by Gasteiger charge is 2.43. The third-order valence-electron chi connectivity index (χ3n) is 6.45. The first-order chi connectivity index (χ1) is 13.7. The summed E-state index contributed by atoms with van der Waals surface area (Å²) in [7, 11) is 0. The van der Waals surface area contributed by atoms with Gasteiger partial charge in [-0.2, -0.15) is 0 Å². The van der Waals surface area contributed by atoms with Gasteiger partial charge in [-0.05, 0) is 33.1 Å². The Morgan fingerprint density at radius 2 is 2.10 bits per heavy atom. The third kappa shape index (κ3) is 3.92. The normalized spacial score (nSPS) is 28.2. The van der Waals surface area contributed by atoms with E-state index in [1.165, 1.54) is 6.07 Å². The molecule has 29 heavy (non-hydrogen) atoms. The second kappa shape index (κ2) is 7.20. The van der Waals surface area contributed by atoms with Crippen LogP contribution in [0, 0.1) is 5.92 Å². The second-order valence-corrected chi connectivity index (χ2v) is 9.20. The van der Waals surface area contributed by atoms with Gasteiger partial charge in [-0.25, -0.2) is 0 Å². The van der Waals surface area contributed by atoms with Crippen molar-refractivity contribution in [2.75, 3.05) is 19.7 Å². The molecule has 0 aromatic heterocycles. The van der Waals surface area contributed by atoms with Crippen molar-refractivity contribution >= 4 is 11.7 Å². The Bertz CT molecular complexity index is 835. The zero-order valence-electron chi connectivity index (χ0n) is 17.1. The van der Waals surface area contributed by atoms with Crippen LogP contribution in [0.25, 0.3) is 0 Å². The van der Waals surface area contributed by atoms with Gasteiger partial charge in [-0.3, -0.25) is 9.59 Å². The fourth-order valence-electron chi connectivity index (χ4n) is 4.86. The topological polar surface area (TPSA) is 96.3 Å². The minimum absolute atomic E-state index is 0.128. The number of ketones is 1. The highest BCUT2D eigenvalue weighted by Crippen LogP contribution is 2.41. The highest BCUT2D eigenvalue weighted by atomic mass is 16.5. The first kappa shape index (κ1) is 20.0. The lowest BCUT2D eigenvalue weighted by atomic mass is 9.71. The van der Waals surface area contributed by atoms with E-state index < -0.39 is 11.2 Å². The molecular formula is C22H29NO6. The van der Waals surface area contributed by atoms with Gasteiger partial charge in [0, 0.05) is 31.1 Å². The van der Waals surface area contributed by atoms with Crippen molar-refractivity contribution in [3.8, 4) is 17.2 Å². The average molecular weight is 403 g/mol. The Morgan fingerprint density at radius 3 is 2.90 bits per heavy atom. The number of likely N-dealkylation sites (tertiary alicyclic amines) is 1. The Hall–Kier alpha value is -2.28. The van der Waals surface area contributed by atoms with Crippen LogP contribution >= 0.6 is 0 Å². The SMILES string of the molecule is CC1(C)CC(=O)c2c(O)cc(OCC(=O)N3CC[C@]4(O)CCCC[C@H]4C3)cc2O1. The number of Topliss-reactive ketones (excluding diaryl/α,β-unsaturated/α-hetero) is 1. The van der Waals surface area contributed by atoms with Crippen molar-refractivity contribution in [1.82, 2.24) is 4.90 Å². The molecule has 0 spiro atoms. The number of hydrogen-bond donors (Lipinski definition) is 2. The summed E-state index contributed by atoms with van der Waals surface area (Å²) in [6.45, 7) is 4.53. The molecule has 1 saturated heterocycles. The van der Waals surface area contributed by atoms with Gasteiger partial charge in [0.05, 0.1) is 12.0 Å². The molecule has 1 aliphatic carbocycles. The molecule has 0 bridgehead atoms. The molecule has 1 amide bonds. The van der Waals surface area contributed by atoms with Crippen molar-refractivity contribution in [3.05, 3.63) is 17.7 Å². The molecule has 2 N–H and O–H groups in total. The van der Waals surface area contributed by atoms with E-state index in [1.54, 1.807) is 11.0 Å². The molecule has 2 heterocycles. The first-order valence-corrected chi connectivity index (χ1v) is 10.4. The van der Waals surface area contributed by atoms with E-state index in [9.17, 15) is 19.8 Å². The fraction of sp³-hybridized carbons (Fsp3) is 0.636. The molecule has 1 aromatic carbocycles. The Kier molecular flexibility index (Phi) is 4.97. The Morgan fingerprint density at radius 1 is 1.31 bits per heavy atom. The lowest BCUT2D eigenvalue weighted by molar-refractivity contribution is -0.145. The molecule has 7 heteroatoms. The maximum atomic E-state index is 12.7. The number of aliphatic hydroxyl groups is 1. The number of nitrogens with zero attached hydrogens (tertiary/aromatic N) is 1. The van der Waals surface area contributed by atoms with Crippen molar-refractivity contribution in [1.29, 1.82) is 0 Å². The van der Waals surface area contributed by atoms with Crippen LogP contribution in [-0.4, -0.2) is 57.7 Å². The van der Waals surface area contributed by atoms with Gasteiger partial charge in [-0.15, -0.1) is 0 Å². The number of ether oxygens (including phenoxy) is 2. The Balaban J connectivity index is 1.41. The van der Waals surface area contributed by atoms with Crippen molar-refractivity contribution in [2.24, 2.45) is 5.92 Å². The molecule has 2 aliphatic heterocycles. The number of carbonyl (C=O) groups is 2. The largest absolute Gasteiger partial charge is 0.507 e. The molecule has 4 rings (SSSR count). The molecule has 1 saturated carbocycles. The van der Waals surface area contributed by atoms with Crippen LogP contribution in [0.2, 0.25) is 0 Å². The van der Waals surface area contributed by atoms with E-state index in [0.29, 0.717) is 19.5 Å². The van der Waals surface area contributed by atoms with Gasteiger partial charge in [0.15, 0.2) is 12.4 Å². The van der Waals surface area contributed by atoms with E-state index in [4.69, 9.17) is 9.47 Å². The van der Waals surface area contributed by atoms with E-state index in [-0.39, 0.29) is 53.4 Å². The minimum atomic E-state index is -0.657. The number of benzene rings is 1. The number of phenolic OH excluding ortho intramolecular Hbond substituents is 1. The number of amides is 1. The summed E-state index contributed by atoms with van der Waals surface area (Å²) >= 11 is 0. The van der Waals surface area contributed by atoms with Gasteiger partial charge in [0.25, 0.3) is 5.91 Å². The number of piperidine rings is 1. The van der Waals surface area contributed by atoms with Crippen molar-refractivity contribution < 1.29 is 29.3 Å². The van der Waals surface area contributed by atoms with Crippen molar-refractivity contribution in [3.63, 3.8) is 0 Å². The summed E-state index contributed by atoms with van der Waals surface area (Å²) in [5, 5.41) is 21.0. The Labute approximate surface area is 170 Å². The van der Waals surface area contributed by atoms with Gasteiger partial charge < -0.3 is 24.6 Å². The van der Waals surface area contributed by atoms with Crippen LogP contribution < -0.4 is 9.47 Å². The molecule has 158 valence electrons. The number of fused-ring (bicyclic) bond motifs is 2. The molecule has 0 unspecified atom stereocenters. The quantitative estimate of drug-likeness (QED) is 0.806. The summed E-state index contributed by atoms with van der Waals surface area (Å²) in [6, 6.07) is 2.90. The highest BCUT2D eigenvalue weighted by molar-refractivity contribution is 6.03. The average Bonchev–Trinajstić information content (AvgIpc) is 2.63. The molecule has 2 atom stereocenters. The summed E-state index contributed by atoms with van der Waals surface area (Å²) in [5.74, 6) is 0.168. The zero-order chi connectivity index (χ0) is 20.8. The summed E-state index contributed by atoms with van der Waals surface area (Å²) in [6.07, 6.45) is 4.70.